The van der Waals surface area contributed by atoms with E-state index < -0.39 is 6.36 Å². The summed E-state index contributed by atoms with van der Waals surface area (Å²) in [5.41, 5.74) is 8.73. The van der Waals surface area contributed by atoms with Gasteiger partial charge < -0.3 is 15.8 Å². The first-order valence-electron chi connectivity index (χ1n) is 5.93. The fourth-order valence-corrected chi connectivity index (χ4v) is 2.17. The standard InChI is InChI=1S/C14H12BrF3N2O/c1-8-6-9(2-4-12(8)19)20-10-3-5-13(11(15)7-10)21-14(16,17)18/h2-7,20H,19H2,1H3. The Bertz CT molecular complexity index is 659. The van der Waals surface area contributed by atoms with Crippen LogP contribution in [0.3, 0.4) is 0 Å². The van der Waals surface area contributed by atoms with Gasteiger partial charge in [-0.15, -0.1) is 13.2 Å². The minimum Gasteiger partial charge on any atom is -0.405 e. The maximum absolute atomic E-state index is 12.2. The normalized spacial score (nSPS) is 11.3. The Morgan fingerprint density at radius 1 is 1.10 bits per heavy atom. The number of anilines is 3. The van der Waals surface area contributed by atoms with Crippen molar-refractivity contribution in [3.05, 3.63) is 46.4 Å². The van der Waals surface area contributed by atoms with Crippen LogP contribution in [0.1, 0.15) is 5.56 Å². The number of nitrogen functional groups attached to an aromatic ring is 1. The van der Waals surface area contributed by atoms with Crippen LogP contribution in [-0.4, -0.2) is 6.36 Å². The summed E-state index contributed by atoms with van der Waals surface area (Å²) in [5.74, 6) is -0.290. The van der Waals surface area contributed by atoms with Gasteiger partial charge in [-0.25, -0.2) is 0 Å². The molecule has 0 saturated heterocycles. The molecule has 0 aliphatic heterocycles. The molecule has 0 heterocycles. The lowest BCUT2D eigenvalue weighted by Crippen LogP contribution is -2.17. The molecule has 112 valence electrons. The Labute approximate surface area is 128 Å². The second kappa shape index (κ2) is 5.85. The lowest BCUT2D eigenvalue weighted by molar-refractivity contribution is -0.274. The van der Waals surface area contributed by atoms with Crippen LogP contribution in [-0.2, 0) is 0 Å². The largest absolute Gasteiger partial charge is 0.573 e. The molecule has 2 aromatic rings. The van der Waals surface area contributed by atoms with Crippen LogP contribution in [0, 0.1) is 6.92 Å². The predicted molar refractivity (Wildman–Crippen MR) is 79.7 cm³/mol. The van der Waals surface area contributed by atoms with Gasteiger partial charge in [0, 0.05) is 17.1 Å². The van der Waals surface area contributed by atoms with Gasteiger partial charge in [0.1, 0.15) is 5.75 Å². The number of rotatable bonds is 3. The van der Waals surface area contributed by atoms with Gasteiger partial charge in [0.15, 0.2) is 0 Å². The van der Waals surface area contributed by atoms with Crippen molar-refractivity contribution in [1.29, 1.82) is 0 Å². The third kappa shape index (κ3) is 4.29. The van der Waals surface area contributed by atoms with Crippen molar-refractivity contribution >= 4 is 33.0 Å². The van der Waals surface area contributed by atoms with Gasteiger partial charge >= 0.3 is 6.36 Å². The minimum atomic E-state index is -4.72. The van der Waals surface area contributed by atoms with E-state index in [-0.39, 0.29) is 10.2 Å². The number of alkyl halides is 3. The quantitative estimate of drug-likeness (QED) is 0.758. The summed E-state index contributed by atoms with van der Waals surface area (Å²) < 4.78 is 40.6. The number of aryl methyl sites for hydroxylation is 1. The maximum atomic E-state index is 12.2. The third-order valence-electron chi connectivity index (χ3n) is 2.72. The van der Waals surface area contributed by atoms with Crippen molar-refractivity contribution in [2.75, 3.05) is 11.1 Å². The number of nitrogens with two attached hydrogens (primary N) is 1. The smallest absolute Gasteiger partial charge is 0.405 e. The zero-order valence-electron chi connectivity index (χ0n) is 11.0. The second-order valence-corrected chi connectivity index (χ2v) is 5.24. The predicted octanol–water partition coefficient (Wildman–Crippen LogP) is 4.98. The molecule has 0 radical (unpaired) electrons. The number of ether oxygens (including phenoxy) is 1. The highest BCUT2D eigenvalue weighted by Gasteiger charge is 2.31. The molecule has 3 nitrogen and oxygen atoms in total. The van der Waals surface area contributed by atoms with Gasteiger partial charge in [0.25, 0.3) is 0 Å². The van der Waals surface area contributed by atoms with Crippen molar-refractivity contribution in [3.63, 3.8) is 0 Å². The Kier molecular flexibility index (Phi) is 4.32. The van der Waals surface area contributed by atoms with Gasteiger partial charge in [-0.1, -0.05) is 0 Å². The molecule has 21 heavy (non-hydrogen) atoms. The van der Waals surface area contributed by atoms with Crippen LogP contribution < -0.4 is 15.8 Å². The summed E-state index contributed by atoms with van der Waals surface area (Å²) in [6.07, 6.45) is -4.72. The zero-order valence-corrected chi connectivity index (χ0v) is 12.5. The van der Waals surface area contributed by atoms with E-state index in [1.165, 1.54) is 18.2 Å². The average molecular weight is 361 g/mol. The molecule has 0 unspecified atom stereocenters. The molecule has 2 aromatic carbocycles. The first-order chi connectivity index (χ1) is 9.74. The van der Waals surface area contributed by atoms with Gasteiger partial charge in [-0.3, -0.25) is 0 Å². The van der Waals surface area contributed by atoms with Crippen molar-refractivity contribution < 1.29 is 17.9 Å². The van der Waals surface area contributed by atoms with Crippen LogP contribution in [0.4, 0.5) is 30.2 Å². The average Bonchev–Trinajstić information content (AvgIpc) is 2.36. The number of halogens is 4. The summed E-state index contributed by atoms with van der Waals surface area (Å²) in [6.45, 7) is 1.87. The van der Waals surface area contributed by atoms with E-state index in [9.17, 15) is 13.2 Å². The van der Waals surface area contributed by atoms with Crippen molar-refractivity contribution in [3.8, 4) is 5.75 Å². The molecule has 0 bridgehead atoms. The van der Waals surface area contributed by atoms with Crippen molar-refractivity contribution in [2.45, 2.75) is 13.3 Å². The Morgan fingerprint density at radius 3 is 2.29 bits per heavy atom. The van der Waals surface area contributed by atoms with Crippen molar-refractivity contribution in [1.82, 2.24) is 0 Å². The van der Waals surface area contributed by atoms with E-state index in [2.05, 4.69) is 26.0 Å². The molecule has 0 saturated carbocycles. The van der Waals surface area contributed by atoms with Gasteiger partial charge in [-0.2, -0.15) is 0 Å². The fourth-order valence-electron chi connectivity index (χ4n) is 1.71. The Morgan fingerprint density at radius 2 is 1.71 bits per heavy atom. The summed E-state index contributed by atoms with van der Waals surface area (Å²) in [5, 5.41) is 3.08. The molecule has 3 N–H and O–H groups in total. The van der Waals surface area contributed by atoms with Crippen molar-refractivity contribution in [2.24, 2.45) is 0 Å². The molecule has 7 heteroatoms. The first kappa shape index (κ1) is 15.5. The van der Waals surface area contributed by atoms with Gasteiger partial charge in [0.05, 0.1) is 4.47 Å². The molecule has 2 rings (SSSR count). The lowest BCUT2D eigenvalue weighted by Gasteiger charge is -2.13. The zero-order chi connectivity index (χ0) is 15.6. The van der Waals surface area contributed by atoms with Crippen LogP contribution in [0.5, 0.6) is 5.75 Å². The number of hydrogen-bond donors (Lipinski definition) is 2. The van der Waals surface area contributed by atoms with Crippen LogP contribution >= 0.6 is 15.9 Å². The highest BCUT2D eigenvalue weighted by Crippen LogP contribution is 2.33. The summed E-state index contributed by atoms with van der Waals surface area (Å²) in [6, 6.07) is 9.64. The maximum Gasteiger partial charge on any atom is 0.573 e. The molecular formula is C14H12BrF3N2O. The van der Waals surface area contributed by atoms with Crippen LogP contribution in [0.2, 0.25) is 0 Å². The topological polar surface area (TPSA) is 47.3 Å². The first-order valence-corrected chi connectivity index (χ1v) is 6.72. The van der Waals surface area contributed by atoms with E-state index in [0.29, 0.717) is 11.4 Å². The van der Waals surface area contributed by atoms with E-state index in [1.54, 1.807) is 12.1 Å². The highest BCUT2D eigenvalue weighted by molar-refractivity contribution is 9.10. The lowest BCUT2D eigenvalue weighted by atomic mass is 10.2. The fraction of sp³-hybridized carbons (Fsp3) is 0.143. The van der Waals surface area contributed by atoms with E-state index in [4.69, 9.17) is 5.73 Å². The van der Waals surface area contributed by atoms with E-state index in [1.807, 2.05) is 13.0 Å². The summed E-state index contributed by atoms with van der Waals surface area (Å²) in [4.78, 5) is 0. The molecule has 0 spiro atoms. The number of hydrogen-bond acceptors (Lipinski definition) is 3. The summed E-state index contributed by atoms with van der Waals surface area (Å²) in [7, 11) is 0. The summed E-state index contributed by atoms with van der Waals surface area (Å²) >= 11 is 3.05. The molecule has 0 aliphatic carbocycles. The monoisotopic (exact) mass is 360 g/mol. The minimum absolute atomic E-state index is 0.206. The van der Waals surface area contributed by atoms with Crippen LogP contribution in [0.15, 0.2) is 40.9 Å². The van der Waals surface area contributed by atoms with E-state index in [0.717, 1.165) is 11.3 Å². The highest BCUT2D eigenvalue weighted by atomic mass is 79.9. The van der Waals surface area contributed by atoms with Crippen LogP contribution in [0.25, 0.3) is 0 Å². The molecule has 0 fully saturated rings. The number of benzene rings is 2. The Hall–Kier alpha value is -1.89. The molecule has 0 amide bonds. The molecule has 0 aliphatic rings. The SMILES string of the molecule is Cc1cc(Nc2ccc(OC(F)(F)F)c(Br)c2)ccc1N. The van der Waals surface area contributed by atoms with Gasteiger partial charge in [0.2, 0.25) is 0 Å². The van der Waals surface area contributed by atoms with Gasteiger partial charge in [-0.05, 0) is 64.8 Å². The number of nitrogens with one attached hydrogen (secondary N) is 1. The third-order valence-corrected chi connectivity index (χ3v) is 3.34. The molecule has 0 atom stereocenters. The molecule has 0 aromatic heterocycles. The van der Waals surface area contributed by atoms with E-state index >= 15 is 0 Å². The molecular weight excluding hydrogens is 349 g/mol. The Balaban J connectivity index is 2.18. The second-order valence-electron chi connectivity index (χ2n) is 4.39.